The molecule has 0 aliphatic heterocycles. The maximum Gasteiger partial charge on any atom is 0.238 e. The van der Waals surface area contributed by atoms with Crippen molar-refractivity contribution in [2.24, 2.45) is 0 Å². The van der Waals surface area contributed by atoms with E-state index in [0.717, 1.165) is 27.5 Å². The van der Waals surface area contributed by atoms with Crippen LogP contribution in [0.1, 0.15) is 47.2 Å². The third-order valence-corrected chi connectivity index (χ3v) is 12.9. The zero-order valence-corrected chi connectivity index (χ0v) is 32.8. The summed E-state index contributed by atoms with van der Waals surface area (Å²) in [6, 6.07) is 70.1. The van der Waals surface area contributed by atoms with E-state index in [1.807, 2.05) is 36.4 Å². The Hall–Kier alpha value is -7.43. The first-order valence-electron chi connectivity index (χ1n) is 20.4. The van der Waals surface area contributed by atoms with Crippen molar-refractivity contribution in [2.75, 3.05) is 0 Å². The summed E-state index contributed by atoms with van der Waals surface area (Å²) < 4.78 is 2.35. The molecule has 0 saturated heterocycles. The van der Waals surface area contributed by atoms with Crippen LogP contribution < -0.4 is 0 Å². The summed E-state index contributed by atoms with van der Waals surface area (Å²) >= 11 is 0. The van der Waals surface area contributed by atoms with Gasteiger partial charge in [0.1, 0.15) is 0 Å². The molecule has 2 aromatic heterocycles. The molecule has 0 fully saturated rings. The Bertz CT molecular complexity index is 3190. The van der Waals surface area contributed by atoms with E-state index in [-0.39, 0.29) is 5.41 Å². The van der Waals surface area contributed by atoms with Crippen molar-refractivity contribution in [3.63, 3.8) is 0 Å². The topological polar surface area (TPSA) is 43.6 Å². The number of hydrogen-bond acceptors (Lipinski definition) is 3. The van der Waals surface area contributed by atoms with Gasteiger partial charge in [0.15, 0.2) is 11.6 Å². The Balaban J connectivity index is 1.24. The van der Waals surface area contributed by atoms with E-state index in [0.29, 0.717) is 17.6 Å². The fourth-order valence-corrected chi connectivity index (χ4v) is 10.4. The predicted octanol–water partition coefficient (Wildman–Crippen LogP) is 13.0. The van der Waals surface area contributed by atoms with Gasteiger partial charge in [-0.1, -0.05) is 202 Å². The van der Waals surface area contributed by atoms with Gasteiger partial charge in [0.2, 0.25) is 5.95 Å². The Morgan fingerprint density at radius 1 is 0.407 bits per heavy atom. The summed E-state index contributed by atoms with van der Waals surface area (Å²) in [5, 5.41) is 2.33. The smallest absolute Gasteiger partial charge is 0.238 e. The van der Waals surface area contributed by atoms with Crippen molar-refractivity contribution in [1.29, 1.82) is 0 Å². The van der Waals surface area contributed by atoms with Crippen LogP contribution in [0, 0.1) is 0 Å². The Morgan fingerprint density at radius 2 is 0.898 bits per heavy atom. The SMILES string of the molecule is CC1(C)c2ccccc2-c2ccc3c4ccc(C5(c6ccccc6)c6ccccc6-c6ccccc65)cc4n(-c4nc(-c5ccccc5)nc(-c5ccccc5)n4)c3c21. The molecule has 0 saturated carbocycles. The lowest BCUT2D eigenvalue weighted by Gasteiger charge is -2.34. The van der Waals surface area contributed by atoms with Crippen molar-refractivity contribution < 1.29 is 0 Å². The van der Waals surface area contributed by atoms with Crippen LogP contribution in [-0.2, 0) is 10.8 Å². The third-order valence-electron chi connectivity index (χ3n) is 12.9. The summed E-state index contributed by atoms with van der Waals surface area (Å²) in [5.74, 6) is 1.86. The number of nitrogens with zero attached hydrogens (tertiary/aromatic N) is 4. The van der Waals surface area contributed by atoms with E-state index in [1.54, 1.807) is 0 Å². The molecule has 4 nitrogen and oxygen atoms in total. The number of aromatic nitrogens is 4. The average Bonchev–Trinajstić information content (AvgIpc) is 3.88. The molecule has 10 aromatic rings. The standard InChI is InChI=1S/C55H38N4/c1-54(2)45-27-15-12-26-41(45)43-32-33-44-42-31-30-38(55(37-22-10-5-11-23-37)46-28-16-13-24-39(46)40-25-14-17-29-47(40)55)34-48(42)59(50(44)49(43)54)53-57-51(35-18-6-3-7-19-35)56-52(58-53)36-20-8-4-9-21-36/h3-34H,1-2H3. The molecule has 0 atom stereocenters. The van der Waals surface area contributed by atoms with Crippen LogP contribution in [0.25, 0.3) is 72.8 Å². The van der Waals surface area contributed by atoms with Crippen LogP contribution in [0.4, 0.5) is 0 Å². The van der Waals surface area contributed by atoms with Crippen LogP contribution in [0.2, 0.25) is 0 Å². The Kier molecular flexibility index (Phi) is 7.16. The highest BCUT2D eigenvalue weighted by Gasteiger charge is 2.46. The monoisotopic (exact) mass is 754 g/mol. The molecule has 278 valence electrons. The first kappa shape index (κ1) is 33.7. The normalized spacial score (nSPS) is 14.2. The summed E-state index contributed by atoms with van der Waals surface area (Å²) in [5.41, 5.74) is 15.9. The predicted molar refractivity (Wildman–Crippen MR) is 240 cm³/mol. The second-order valence-electron chi connectivity index (χ2n) is 16.3. The summed E-state index contributed by atoms with van der Waals surface area (Å²) in [4.78, 5) is 15.9. The average molecular weight is 755 g/mol. The molecule has 2 heterocycles. The van der Waals surface area contributed by atoms with Gasteiger partial charge in [-0.05, 0) is 61.7 Å². The highest BCUT2D eigenvalue weighted by atomic mass is 15.2. The number of fused-ring (bicyclic) bond motifs is 10. The molecule has 2 aliphatic carbocycles. The minimum absolute atomic E-state index is 0.285. The minimum atomic E-state index is -0.565. The molecule has 0 bridgehead atoms. The van der Waals surface area contributed by atoms with Gasteiger partial charge in [0.25, 0.3) is 0 Å². The second-order valence-corrected chi connectivity index (χ2v) is 16.3. The maximum absolute atomic E-state index is 5.41. The molecule has 4 heteroatoms. The molecule has 0 spiro atoms. The molecule has 2 aliphatic rings. The van der Waals surface area contributed by atoms with E-state index in [2.05, 4.69) is 176 Å². The van der Waals surface area contributed by atoms with E-state index in [4.69, 9.17) is 15.0 Å². The van der Waals surface area contributed by atoms with Crippen LogP contribution in [0.15, 0.2) is 194 Å². The molecule has 12 rings (SSSR count). The fraction of sp³-hybridized carbons (Fsp3) is 0.0727. The molecular weight excluding hydrogens is 717 g/mol. The molecule has 0 unspecified atom stereocenters. The lowest BCUT2D eigenvalue weighted by molar-refractivity contribution is 0.663. The first-order valence-corrected chi connectivity index (χ1v) is 20.4. The second kappa shape index (κ2) is 12.5. The highest BCUT2D eigenvalue weighted by molar-refractivity contribution is 6.13. The highest BCUT2D eigenvalue weighted by Crippen LogP contribution is 2.57. The fourth-order valence-electron chi connectivity index (χ4n) is 10.4. The molecule has 0 N–H and O–H groups in total. The van der Waals surface area contributed by atoms with Gasteiger partial charge in [-0.3, -0.25) is 4.57 Å². The zero-order valence-electron chi connectivity index (χ0n) is 32.8. The van der Waals surface area contributed by atoms with Crippen molar-refractivity contribution in [1.82, 2.24) is 19.5 Å². The van der Waals surface area contributed by atoms with Crippen LogP contribution >= 0.6 is 0 Å². The molecule has 0 radical (unpaired) electrons. The Morgan fingerprint density at radius 3 is 1.49 bits per heavy atom. The quantitative estimate of drug-likeness (QED) is 0.176. The Labute approximate surface area is 343 Å². The van der Waals surface area contributed by atoms with E-state index >= 15 is 0 Å². The minimum Gasteiger partial charge on any atom is -0.277 e. The van der Waals surface area contributed by atoms with E-state index in [1.165, 1.54) is 61.0 Å². The van der Waals surface area contributed by atoms with Crippen LogP contribution in [0.3, 0.4) is 0 Å². The van der Waals surface area contributed by atoms with Crippen LogP contribution in [0.5, 0.6) is 0 Å². The van der Waals surface area contributed by atoms with Gasteiger partial charge < -0.3 is 0 Å². The number of hydrogen-bond donors (Lipinski definition) is 0. The van der Waals surface area contributed by atoms with Gasteiger partial charge in [-0.25, -0.2) is 4.98 Å². The number of rotatable bonds is 5. The van der Waals surface area contributed by atoms with Crippen molar-refractivity contribution in [3.8, 4) is 51.0 Å². The van der Waals surface area contributed by atoms with Crippen molar-refractivity contribution in [3.05, 3.63) is 228 Å². The molecule has 59 heavy (non-hydrogen) atoms. The largest absolute Gasteiger partial charge is 0.277 e. The summed E-state index contributed by atoms with van der Waals surface area (Å²) in [7, 11) is 0. The molecule has 0 amide bonds. The van der Waals surface area contributed by atoms with E-state index < -0.39 is 5.41 Å². The van der Waals surface area contributed by atoms with Gasteiger partial charge in [-0.2, -0.15) is 9.97 Å². The molecular formula is C55H38N4. The van der Waals surface area contributed by atoms with E-state index in [9.17, 15) is 0 Å². The van der Waals surface area contributed by atoms with Gasteiger partial charge in [-0.15, -0.1) is 0 Å². The first-order chi connectivity index (χ1) is 29.0. The van der Waals surface area contributed by atoms with Crippen molar-refractivity contribution >= 4 is 21.8 Å². The van der Waals surface area contributed by atoms with Crippen molar-refractivity contribution in [2.45, 2.75) is 24.7 Å². The lowest BCUT2D eigenvalue weighted by atomic mass is 9.67. The van der Waals surface area contributed by atoms with Gasteiger partial charge in [0, 0.05) is 27.3 Å². The molecule has 8 aromatic carbocycles. The number of benzene rings is 8. The third kappa shape index (κ3) is 4.69. The van der Waals surface area contributed by atoms with Gasteiger partial charge in [0.05, 0.1) is 16.4 Å². The van der Waals surface area contributed by atoms with Crippen LogP contribution in [-0.4, -0.2) is 19.5 Å². The maximum atomic E-state index is 5.41. The lowest BCUT2D eigenvalue weighted by Crippen LogP contribution is -2.28. The zero-order chi connectivity index (χ0) is 39.3. The van der Waals surface area contributed by atoms with Gasteiger partial charge >= 0.3 is 0 Å². The summed E-state index contributed by atoms with van der Waals surface area (Å²) in [6.07, 6.45) is 0. The summed E-state index contributed by atoms with van der Waals surface area (Å²) in [6.45, 7) is 4.72.